The summed E-state index contributed by atoms with van der Waals surface area (Å²) in [5, 5.41) is 4.01. The third kappa shape index (κ3) is 1.62. The smallest absolute Gasteiger partial charge is 0.189 e. The summed E-state index contributed by atoms with van der Waals surface area (Å²) in [4.78, 5) is 0. The van der Waals surface area contributed by atoms with Gasteiger partial charge in [0.25, 0.3) is 0 Å². The third-order valence-corrected chi connectivity index (χ3v) is 2.98. The molecule has 0 spiro atoms. The zero-order chi connectivity index (χ0) is 12.7. The Hall–Kier alpha value is -2.08. The number of nitrogen functional groups attached to an aromatic ring is 1. The zero-order valence-electron chi connectivity index (χ0n) is 9.81. The first kappa shape index (κ1) is 11.0. The van der Waals surface area contributed by atoms with Crippen LogP contribution in [0, 0.1) is 5.82 Å². The topological polar surface area (TPSA) is 62.3 Å². The van der Waals surface area contributed by atoms with Crippen molar-refractivity contribution < 1.29 is 13.9 Å². The van der Waals surface area contributed by atoms with E-state index in [4.69, 9.17) is 15.2 Å². The number of benzene rings is 1. The molecule has 0 radical (unpaired) electrons. The third-order valence-electron chi connectivity index (χ3n) is 2.98. The number of halogens is 1. The zero-order valence-corrected chi connectivity index (χ0v) is 9.81. The Kier molecular flexibility index (Phi) is 2.45. The van der Waals surface area contributed by atoms with Gasteiger partial charge in [-0.05, 0) is 12.1 Å². The molecule has 0 aliphatic carbocycles. The van der Waals surface area contributed by atoms with Crippen molar-refractivity contribution in [3.8, 4) is 16.9 Å². The highest BCUT2D eigenvalue weighted by Crippen LogP contribution is 2.34. The van der Waals surface area contributed by atoms with Crippen LogP contribution >= 0.6 is 0 Å². The molecule has 0 atom stereocenters. The lowest BCUT2D eigenvalue weighted by atomic mass is 10.0. The van der Waals surface area contributed by atoms with Gasteiger partial charge in [0, 0.05) is 23.7 Å². The van der Waals surface area contributed by atoms with E-state index in [0.717, 1.165) is 0 Å². The lowest BCUT2D eigenvalue weighted by Crippen LogP contribution is -2.11. The van der Waals surface area contributed by atoms with Gasteiger partial charge in [0.2, 0.25) is 0 Å². The van der Waals surface area contributed by atoms with Crippen LogP contribution < -0.4 is 10.5 Å². The fourth-order valence-electron chi connectivity index (χ4n) is 1.96. The Bertz CT molecular complexity index is 610. The molecule has 3 rings (SSSR count). The molecule has 6 heteroatoms. The van der Waals surface area contributed by atoms with Gasteiger partial charge >= 0.3 is 0 Å². The van der Waals surface area contributed by atoms with Gasteiger partial charge in [-0.15, -0.1) is 0 Å². The molecule has 0 unspecified atom stereocenters. The lowest BCUT2D eigenvalue weighted by molar-refractivity contribution is -0.0165. The molecule has 0 bridgehead atoms. The molecule has 1 aromatic carbocycles. The summed E-state index contributed by atoms with van der Waals surface area (Å²) in [6.45, 7) is 0.537. The van der Waals surface area contributed by atoms with Crippen molar-refractivity contribution in [1.82, 2.24) is 9.78 Å². The molecule has 94 valence electrons. The van der Waals surface area contributed by atoms with E-state index in [2.05, 4.69) is 5.10 Å². The highest BCUT2D eigenvalue weighted by molar-refractivity contribution is 5.75. The quantitative estimate of drug-likeness (QED) is 0.835. The van der Waals surface area contributed by atoms with Crippen LogP contribution in [-0.2, 0) is 18.4 Å². The standard InChI is InChI=1S/C12H12FN3O2/c1-16-12(14)9(4-15-16)8-3-11-7(2-10(8)13)5-17-6-18-11/h2-4H,5-6,14H2,1H3. The first-order chi connectivity index (χ1) is 8.66. The number of aryl methyl sites for hydroxylation is 1. The summed E-state index contributed by atoms with van der Waals surface area (Å²) in [6.07, 6.45) is 1.54. The first-order valence-electron chi connectivity index (χ1n) is 5.47. The fourth-order valence-corrected chi connectivity index (χ4v) is 1.96. The average molecular weight is 249 g/mol. The summed E-state index contributed by atoms with van der Waals surface area (Å²) in [7, 11) is 1.71. The molecule has 5 nitrogen and oxygen atoms in total. The molecule has 0 amide bonds. The van der Waals surface area contributed by atoms with Gasteiger partial charge in [-0.3, -0.25) is 4.68 Å². The minimum absolute atomic E-state index is 0.181. The molecule has 0 saturated heterocycles. The van der Waals surface area contributed by atoms with E-state index >= 15 is 0 Å². The van der Waals surface area contributed by atoms with Crippen LogP contribution in [0.5, 0.6) is 5.75 Å². The predicted molar refractivity (Wildman–Crippen MR) is 63.3 cm³/mol. The number of aromatic nitrogens is 2. The maximum absolute atomic E-state index is 14.0. The predicted octanol–water partition coefficient (Wildman–Crippen LogP) is 1.67. The van der Waals surface area contributed by atoms with Crippen molar-refractivity contribution in [1.29, 1.82) is 0 Å². The Balaban J connectivity index is 2.15. The van der Waals surface area contributed by atoms with Crippen LogP contribution in [0.3, 0.4) is 0 Å². The Morgan fingerprint density at radius 2 is 2.22 bits per heavy atom. The number of nitrogens with two attached hydrogens (primary N) is 1. The monoisotopic (exact) mass is 249 g/mol. The van der Waals surface area contributed by atoms with Crippen molar-refractivity contribution in [3.05, 3.63) is 29.7 Å². The Morgan fingerprint density at radius 3 is 2.94 bits per heavy atom. The maximum Gasteiger partial charge on any atom is 0.189 e. The van der Waals surface area contributed by atoms with Gasteiger partial charge in [0.15, 0.2) is 6.79 Å². The first-order valence-corrected chi connectivity index (χ1v) is 5.47. The number of hydrogen-bond donors (Lipinski definition) is 1. The van der Waals surface area contributed by atoms with Crippen molar-refractivity contribution >= 4 is 5.82 Å². The number of rotatable bonds is 1. The second kappa shape index (κ2) is 3.99. The summed E-state index contributed by atoms with van der Waals surface area (Å²) in [5.74, 6) is 0.685. The number of nitrogens with zero attached hydrogens (tertiary/aromatic N) is 2. The molecule has 0 fully saturated rings. The van der Waals surface area contributed by atoms with Crippen LogP contribution in [0.1, 0.15) is 5.56 Å². The highest BCUT2D eigenvalue weighted by atomic mass is 19.1. The molecule has 1 aromatic heterocycles. The van der Waals surface area contributed by atoms with Crippen LogP contribution in [0.2, 0.25) is 0 Å². The second-order valence-electron chi connectivity index (χ2n) is 4.12. The summed E-state index contributed by atoms with van der Waals surface area (Å²) in [5.41, 5.74) is 7.50. The molecule has 18 heavy (non-hydrogen) atoms. The summed E-state index contributed by atoms with van der Waals surface area (Å²) < 4.78 is 26.0. The van der Waals surface area contributed by atoms with Gasteiger partial charge < -0.3 is 15.2 Å². The average Bonchev–Trinajstić information content (AvgIpc) is 2.69. The van der Waals surface area contributed by atoms with E-state index in [1.165, 1.54) is 10.7 Å². The molecule has 0 saturated carbocycles. The van der Waals surface area contributed by atoms with Crippen molar-refractivity contribution in [2.75, 3.05) is 12.5 Å². The minimum Gasteiger partial charge on any atom is -0.467 e. The normalized spacial score (nSPS) is 14.1. The highest BCUT2D eigenvalue weighted by Gasteiger charge is 2.18. The van der Waals surface area contributed by atoms with Crippen LogP contribution in [0.15, 0.2) is 18.3 Å². The van der Waals surface area contributed by atoms with Gasteiger partial charge in [0.05, 0.1) is 12.8 Å². The van der Waals surface area contributed by atoms with Crippen LogP contribution in [0.4, 0.5) is 10.2 Å². The lowest BCUT2D eigenvalue weighted by Gasteiger charge is -2.18. The number of ether oxygens (including phenoxy) is 2. The maximum atomic E-state index is 14.0. The van der Waals surface area contributed by atoms with Gasteiger partial charge in [-0.2, -0.15) is 5.10 Å². The van der Waals surface area contributed by atoms with Crippen LogP contribution in [-0.4, -0.2) is 16.6 Å². The van der Waals surface area contributed by atoms with E-state index in [9.17, 15) is 4.39 Å². The molecule has 2 aromatic rings. The molecular formula is C12H12FN3O2. The van der Waals surface area contributed by atoms with Crippen LogP contribution in [0.25, 0.3) is 11.1 Å². The van der Waals surface area contributed by atoms with Gasteiger partial charge in [0.1, 0.15) is 17.4 Å². The van der Waals surface area contributed by atoms with Crippen molar-refractivity contribution in [2.45, 2.75) is 6.61 Å². The van der Waals surface area contributed by atoms with E-state index in [1.807, 2.05) is 0 Å². The Labute approximate surface area is 103 Å². The summed E-state index contributed by atoms with van der Waals surface area (Å²) in [6, 6.07) is 3.05. The largest absolute Gasteiger partial charge is 0.467 e. The van der Waals surface area contributed by atoms with Crippen molar-refractivity contribution in [3.63, 3.8) is 0 Å². The van der Waals surface area contributed by atoms with Gasteiger partial charge in [-0.1, -0.05) is 0 Å². The fraction of sp³-hybridized carbons (Fsp3) is 0.250. The SMILES string of the molecule is Cn1ncc(-c2cc3c(cc2F)COCO3)c1N. The van der Waals surface area contributed by atoms with E-state index in [1.54, 1.807) is 19.3 Å². The number of hydrogen-bond acceptors (Lipinski definition) is 4. The van der Waals surface area contributed by atoms with E-state index in [-0.39, 0.29) is 12.6 Å². The summed E-state index contributed by atoms with van der Waals surface area (Å²) >= 11 is 0. The van der Waals surface area contributed by atoms with Gasteiger partial charge in [-0.25, -0.2) is 4.39 Å². The number of anilines is 1. The molecule has 2 heterocycles. The second-order valence-corrected chi connectivity index (χ2v) is 4.12. The minimum atomic E-state index is -0.359. The van der Waals surface area contributed by atoms with E-state index < -0.39 is 0 Å². The molecule has 2 N–H and O–H groups in total. The van der Waals surface area contributed by atoms with E-state index in [0.29, 0.717) is 34.9 Å². The number of fused-ring (bicyclic) bond motifs is 1. The Morgan fingerprint density at radius 1 is 1.39 bits per heavy atom. The molecule has 1 aliphatic heterocycles. The molecular weight excluding hydrogens is 237 g/mol. The molecule has 1 aliphatic rings. The van der Waals surface area contributed by atoms with Crippen molar-refractivity contribution in [2.24, 2.45) is 7.05 Å².